The quantitative estimate of drug-likeness (QED) is 0.147. The minimum Gasteiger partial charge on any atom is -0.507 e. The smallest absolute Gasteiger partial charge is 0.128 e. The molecule has 4 atom stereocenters. The molecule has 2 aliphatic rings. The first-order valence-corrected chi connectivity index (χ1v) is 19.3. The van der Waals surface area contributed by atoms with Crippen LogP contribution in [0.5, 0.6) is 11.5 Å². The number of aromatic hydroxyl groups is 2. The van der Waals surface area contributed by atoms with Crippen molar-refractivity contribution in [3.63, 3.8) is 0 Å². The lowest BCUT2D eigenvalue weighted by molar-refractivity contribution is 0.464. The minimum absolute atomic E-state index is 0.152. The van der Waals surface area contributed by atoms with Crippen LogP contribution in [0.15, 0.2) is 131 Å². The van der Waals surface area contributed by atoms with E-state index in [1.54, 1.807) is 0 Å². The van der Waals surface area contributed by atoms with Crippen molar-refractivity contribution in [2.24, 2.45) is 9.98 Å². The first-order valence-electron chi connectivity index (χ1n) is 19.3. The first kappa shape index (κ1) is 35.3. The Morgan fingerprint density at radius 2 is 0.870 bits per heavy atom. The van der Waals surface area contributed by atoms with E-state index in [0.29, 0.717) is 22.6 Å². The second kappa shape index (κ2) is 14.9. The van der Waals surface area contributed by atoms with Crippen LogP contribution in [-0.4, -0.2) is 22.6 Å². The number of phenols is 2. The zero-order valence-electron chi connectivity index (χ0n) is 31.6. The van der Waals surface area contributed by atoms with Gasteiger partial charge in [-0.05, 0) is 98.9 Å². The van der Waals surface area contributed by atoms with Gasteiger partial charge in [-0.1, -0.05) is 131 Å². The number of hydrogen-bond donors (Lipinski definition) is 2. The average molecular weight is 709 g/mol. The second-order valence-corrected chi connectivity index (χ2v) is 15.4. The molecule has 4 heteroatoms. The van der Waals surface area contributed by atoms with Crippen LogP contribution in [0.25, 0.3) is 0 Å². The molecule has 0 unspecified atom stereocenters. The van der Waals surface area contributed by atoms with Gasteiger partial charge in [0, 0.05) is 46.5 Å². The lowest BCUT2D eigenvalue weighted by Crippen LogP contribution is -2.11. The van der Waals surface area contributed by atoms with Crippen molar-refractivity contribution in [3.05, 3.63) is 199 Å². The molecule has 8 rings (SSSR count). The van der Waals surface area contributed by atoms with Crippen LogP contribution < -0.4 is 0 Å². The van der Waals surface area contributed by atoms with Crippen molar-refractivity contribution in [2.45, 2.75) is 77.3 Å². The van der Waals surface area contributed by atoms with Crippen molar-refractivity contribution in [2.75, 3.05) is 0 Å². The van der Waals surface area contributed by atoms with E-state index in [4.69, 9.17) is 9.98 Å². The summed E-state index contributed by atoms with van der Waals surface area (Å²) in [5.74, 6) is 0.922. The molecule has 0 aromatic heterocycles. The van der Waals surface area contributed by atoms with Gasteiger partial charge < -0.3 is 10.2 Å². The van der Waals surface area contributed by atoms with Crippen molar-refractivity contribution in [1.82, 2.24) is 0 Å². The third-order valence-electron chi connectivity index (χ3n) is 11.4. The molecule has 0 aliphatic heterocycles. The summed E-state index contributed by atoms with van der Waals surface area (Å²) in [7, 11) is 0. The molecule has 2 aliphatic carbocycles. The zero-order valence-corrected chi connectivity index (χ0v) is 31.6. The second-order valence-electron chi connectivity index (χ2n) is 15.4. The molecule has 0 saturated carbocycles. The summed E-state index contributed by atoms with van der Waals surface area (Å²) in [6.45, 7) is 8.48. The number of phenolic OH excluding ortho intramolecular Hbond substituents is 2. The Labute approximate surface area is 319 Å². The fourth-order valence-electron chi connectivity index (χ4n) is 9.06. The van der Waals surface area contributed by atoms with Gasteiger partial charge in [0.2, 0.25) is 0 Å². The summed E-state index contributed by atoms with van der Waals surface area (Å²) in [5, 5.41) is 23.7. The fourth-order valence-corrected chi connectivity index (χ4v) is 9.06. The summed E-state index contributed by atoms with van der Waals surface area (Å²) in [4.78, 5) is 10.7. The van der Waals surface area contributed by atoms with Gasteiger partial charge in [-0.15, -0.1) is 0 Å². The summed E-state index contributed by atoms with van der Waals surface area (Å²) < 4.78 is 0. The molecule has 0 heterocycles. The van der Waals surface area contributed by atoms with Crippen molar-refractivity contribution in [3.8, 4) is 11.5 Å². The van der Waals surface area contributed by atoms with Crippen molar-refractivity contribution < 1.29 is 10.2 Å². The maximum Gasteiger partial charge on any atom is 0.128 e. The predicted molar refractivity (Wildman–Crippen MR) is 222 cm³/mol. The molecule has 54 heavy (non-hydrogen) atoms. The molecule has 2 N–H and O–H groups in total. The molecule has 6 aromatic carbocycles. The first-order chi connectivity index (χ1) is 26.2. The average Bonchev–Trinajstić information content (AvgIpc) is 3.80. The van der Waals surface area contributed by atoms with Crippen LogP contribution in [0.2, 0.25) is 0 Å². The number of fused-ring (bicyclic) bond motifs is 2. The lowest BCUT2D eigenvalue weighted by Gasteiger charge is -2.24. The molecule has 0 saturated heterocycles. The van der Waals surface area contributed by atoms with Gasteiger partial charge in [-0.3, -0.25) is 9.98 Å². The number of benzene rings is 6. The lowest BCUT2D eigenvalue weighted by atomic mass is 9.90. The normalized spacial score (nSPS) is 17.6. The number of rotatable bonds is 9. The van der Waals surface area contributed by atoms with Crippen LogP contribution in [0, 0.1) is 27.7 Å². The molecule has 0 radical (unpaired) electrons. The van der Waals surface area contributed by atoms with Gasteiger partial charge in [0.15, 0.2) is 0 Å². The number of hydrogen-bond acceptors (Lipinski definition) is 4. The van der Waals surface area contributed by atoms with E-state index >= 15 is 0 Å². The summed E-state index contributed by atoms with van der Waals surface area (Å²) in [5.41, 5.74) is 15.0. The van der Waals surface area contributed by atoms with Gasteiger partial charge in [0.05, 0.1) is 0 Å². The Morgan fingerprint density at radius 1 is 0.500 bits per heavy atom. The van der Waals surface area contributed by atoms with Gasteiger partial charge in [0.25, 0.3) is 0 Å². The number of aliphatic imine (C=N–C) groups is 2. The van der Waals surface area contributed by atoms with E-state index in [-0.39, 0.29) is 11.8 Å². The van der Waals surface area contributed by atoms with Gasteiger partial charge >= 0.3 is 0 Å². The predicted octanol–water partition coefficient (Wildman–Crippen LogP) is 11.5. The zero-order chi connectivity index (χ0) is 37.3. The Morgan fingerprint density at radius 3 is 1.24 bits per heavy atom. The molecule has 4 nitrogen and oxygen atoms in total. The monoisotopic (exact) mass is 708 g/mol. The standard InChI is InChI=1S/C50H48N2O2/c1-31-23-32(2)26-41(25-31)47(51-29-39-17-15-37-19-21-43(45(37)49(39)53)35-11-7-5-8-12-35)48(42-27-33(3)24-34(4)28-42)52-30-40-18-16-38-20-22-44(46(38)50(40)54)36-13-9-6-10-14-36/h5-18,23-30,43-44,47-48,53-54H,19-22H2,1-4H3/t43-,44-,47-,48-/m0/s1. The van der Waals surface area contributed by atoms with E-state index in [9.17, 15) is 10.2 Å². The Balaban J connectivity index is 1.24. The van der Waals surface area contributed by atoms with E-state index in [2.05, 4.69) is 125 Å². The maximum atomic E-state index is 11.9. The van der Waals surface area contributed by atoms with Gasteiger partial charge in [0.1, 0.15) is 23.6 Å². The minimum atomic E-state index is -0.410. The van der Waals surface area contributed by atoms with Crippen molar-refractivity contribution in [1.29, 1.82) is 0 Å². The number of nitrogens with zero attached hydrogens (tertiary/aromatic N) is 2. The summed E-state index contributed by atoms with van der Waals surface area (Å²) >= 11 is 0. The molecular formula is C50H48N2O2. The molecule has 0 amide bonds. The Hall–Kier alpha value is -5.74. The highest BCUT2D eigenvalue weighted by molar-refractivity contribution is 5.86. The number of aryl methyl sites for hydroxylation is 6. The summed E-state index contributed by atoms with van der Waals surface area (Å²) in [6, 6.07) is 41.7. The van der Waals surface area contributed by atoms with E-state index in [0.717, 1.165) is 70.2 Å². The highest BCUT2D eigenvalue weighted by atomic mass is 16.3. The maximum absolute atomic E-state index is 11.9. The van der Waals surface area contributed by atoms with Gasteiger partial charge in [-0.2, -0.15) is 0 Å². The summed E-state index contributed by atoms with van der Waals surface area (Å²) in [6.07, 6.45) is 7.53. The van der Waals surface area contributed by atoms with E-state index in [1.165, 1.54) is 22.3 Å². The van der Waals surface area contributed by atoms with Crippen LogP contribution in [0.4, 0.5) is 0 Å². The topological polar surface area (TPSA) is 65.2 Å². The Kier molecular flexibility index (Phi) is 9.77. The van der Waals surface area contributed by atoms with E-state index < -0.39 is 12.1 Å². The highest BCUT2D eigenvalue weighted by Gasteiger charge is 2.31. The fraction of sp³-hybridized carbons (Fsp3) is 0.240. The Bertz CT molecular complexity index is 2170. The molecule has 0 fully saturated rings. The van der Waals surface area contributed by atoms with Crippen molar-refractivity contribution >= 4 is 12.4 Å². The molecular weight excluding hydrogens is 661 g/mol. The highest BCUT2D eigenvalue weighted by Crippen LogP contribution is 2.46. The van der Waals surface area contributed by atoms with Crippen LogP contribution in [0.3, 0.4) is 0 Å². The van der Waals surface area contributed by atoms with Crippen LogP contribution >= 0.6 is 0 Å². The van der Waals surface area contributed by atoms with Crippen LogP contribution in [-0.2, 0) is 12.8 Å². The molecule has 6 aromatic rings. The third kappa shape index (κ3) is 7.01. The van der Waals surface area contributed by atoms with Crippen LogP contribution in [0.1, 0.15) is 115 Å². The molecule has 0 spiro atoms. The molecule has 270 valence electrons. The SMILES string of the molecule is Cc1cc(C)cc([C@H](N=Cc2ccc3c(c2O)[C@H](c2ccccc2)CC3)[C@@H](N=Cc2ccc3c(c2O)[C@H](c2ccccc2)CC3)c2cc(C)cc(C)c2)c1. The molecule has 0 bridgehead atoms. The largest absolute Gasteiger partial charge is 0.507 e. The van der Waals surface area contributed by atoms with Gasteiger partial charge in [-0.25, -0.2) is 0 Å². The third-order valence-corrected chi connectivity index (χ3v) is 11.4. The van der Waals surface area contributed by atoms with E-state index in [1.807, 2.05) is 36.7 Å².